The third kappa shape index (κ3) is 5.88. The number of allylic oxidation sites excluding steroid dienone is 1. The van der Waals surface area contributed by atoms with Crippen molar-refractivity contribution in [1.82, 2.24) is 0 Å². The topological polar surface area (TPSA) is 29.5 Å². The molecule has 0 aliphatic heterocycles. The van der Waals surface area contributed by atoms with Crippen molar-refractivity contribution in [2.75, 3.05) is 13.2 Å². The molecule has 0 heterocycles. The van der Waals surface area contributed by atoms with Crippen LogP contribution in [0.4, 0.5) is 0 Å². The van der Waals surface area contributed by atoms with Crippen LogP contribution in [0.5, 0.6) is 5.75 Å². The minimum absolute atomic E-state index is 0.239. The van der Waals surface area contributed by atoms with Gasteiger partial charge in [0, 0.05) is 6.61 Å². The van der Waals surface area contributed by atoms with Gasteiger partial charge in [0.25, 0.3) is 0 Å². The zero-order chi connectivity index (χ0) is 18.1. The number of rotatable bonds is 9. The standard InChI is InChI=1S/C23H36O2/c1-4-20(17-23(5-2)14-7-6-8-15-23)18-25-22-11-9-21(10-12-22)19(3)13-16-24/h9-12,17,19,24H,4-8,13-16,18H2,1-3H3/b20-17+. The quantitative estimate of drug-likeness (QED) is 0.537. The lowest BCUT2D eigenvalue weighted by atomic mass is 9.71. The van der Waals surface area contributed by atoms with Gasteiger partial charge in [0.1, 0.15) is 12.4 Å². The van der Waals surface area contributed by atoms with E-state index in [1.54, 1.807) is 0 Å². The molecule has 1 saturated carbocycles. The summed E-state index contributed by atoms with van der Waals surface area (Å²) in [4.78, 5) is 0. The summed E-state index contributed by atoms with van der Waals surface area (Å²) in [7, 11) is 0. The summed E-state index contributed by atoms with van der Waals surface area (Å²) in [5.74, 6) is 1.33. The first kappa shape index (κ1) is 20.0. The van der Waals surface area contributed by atoms with E-state index in [9.17, 15) is 0 Å². The lowest BCUT2D eigenvalue weighted by molar-refractivity contribution is 0.243. The summed E-state index contributed by atoms with van der Waals surface area (Å²) in [5, 5.41) is 9.07. The number of aliphatic hydroxyl groups is 1. The van der Waals surface area contributed by atoms with Crippen LogP contribution < -0.4 is 4.74 Å². The molecule has 0 radical (unpaired) electrons. The molecule has 2 rings (SSSR count). The molecule has 1 N–H and O–H groups in total. The number of hydrogen-bond acceptors (Lipinski definition) is 2. The van der Waals surface area contributed by atoms with Gasteiger partial charge in [-0.3, -0.25) is 0 Å². The van der Waals surface area contributed by atoms with Crippen molar-refractivity contribution in [1.29, 1.82) is 0 Å². The van der Waals surface area contributed by atoms with E-state index in [2.05, 4.69) is 51.1 Å². The van der Waals surface area contributed by atoms with Gasteiger partial charge in [0.15, 0.2) is 0 Å². The molecule has 140 valence electrons. The van der Waals surface area contributed by atoms with Crippen LogP contribution in [0.3, 0.4) is 0 Å². The zero-order valence-corrected chi connectivity index (χ0v) is 16.4. The van der Waals surface area contributed by atoms with Gasteiger partial charge in [-0.05, 0) is 66.7 Å². The van der Waals surface area contributed by atoms with Crippen molar-refractivity contribution < 1.29 is 9.84 Å². The summed E-state index contributed by atoms with van der Waals surface area (Å²) < 4.78 is 6.07. The maximum absolute atomic E-state index is 9.07. The first-order valence-corrected chi connectivity index (χ1v) is 10.2. The molecular formula is C23H36O2. The predicted molar refractivity (Wildman–Crippen MR) is 106 cm³/mol. The van der Waals surface area contributed by atoms with Gasteiger partial charge in [-0.2, -0.15) is 0 Å². The van der Waals surface area contributed by atoms with Crippen LogP contribution in [-0.4, -0.2) is 18.3 Å². The van der Waals surface area contributed by atoms with Gasteiger partial charge >= 0.3 is 0 Å². The molecule has 1 aromatic rings. The fourth-order valence-electron chi connectivity index (χ4n) is 3.96. The Kier molecular flexibility index (Phi) is 8.02. The SMILES string of the molecule is CC/C(=C\C1(CC)CCCCC1)COc1ccc(C(C)CCO)cc1. The van der Waals surface area contributed by atoms with Gasteiger partial charge in [-0.25, -0.2) is 0 Å². The number of ether oxygens (including phenoxy) is 1. The molecule has 0 spiro atoms. The maximum atomic E-state index is 9.07. The van der Waals surface area contributed by atoms with Gasteiger partial charge in [0.05, 0.1) is 0 Å². The third-order valence-electron chi connectivity index (χ3n) is 5.95. The molecule has 25 heavy (non-hydrogen) atoms. The van der Waals surface area contributed by atoms with E-state index < -0.39 is 0 Å². The summed E-state index contributed by atoms with van der Waals surface area (Å²) in [5.41, 5.74) is 3.11. The Morgan fingerprint density at radius 1 is 1.16 bits per heavy atom. The average Bonchev–Trinajstić information content (AvgIpc) is 2.66. The molecule has 0 amide bonds. The summed E-state index contributed by atoms with van der Waals surface area (Å²) >= 11 is 0. The van der Waals surface area contributed by atoms with Crippen LogP contribution in [0.15, 0.2) is 35.9 Å². The Balaban J connectivity index is 1.96. The third-order valence-corrected chi connectivity index (χ3v) is 5.95. The largest absolute Gasteiger partial charge is 0.489 e. The smallest absolute Gasteiger partial charge is 0.119 e. The fourth-order valence-corrected chi connectivity index (χ4v) is 3.96. The van der Waals surface area contributed by atoms with E-state index in [0.717, 1.165) is 18.6 Å². The van der Waals surface area contributed by atoms with Crippen molar-refractivity contribution in [2.45, 2.75) is 78.1 Å². The van der Waals surface area contributed by atoms with E-state index in [4.69, 9.17) is 9.84 Å². The molecule has 1 aromatic carbocycles. The Bertz CT molecular complexity index is 524. The lowest BCUT2D eigenvalue weighted by Crippen LogP contribution is -2.22. The van der Waals surface area contributed by atoms with Crippen molar-refractivity contribution in [2.24, 2.45) is 5.41 Å². The van der Waals surface area contributed by atoms with Crippen molar-refractivity contribution in [3.8, 4) is 5.75 Å². The molecule has 1 aliphatic carbocycles. The van der Waals surface area contributed by atoms with Crippen molar-refractivity contribution >= 4 is 0 Å². The minimum atomic E-state index is 0.239. The molecule has 1 unspecified atom stereocenters. The molecule has 2 heteroatoms. The summed E-state index contributed by atoms with van der Waals surface area (Å²) in [6.07, 6.45) is 12.5. The van der Waals surface area contributed by atoms with E-state index in [-0.39, 0.29) is 6.61 Å². The van der Waals surface area contributed by atoms with Crippen LogP contribution >= 0.6 is 0 Å². The highest BCUT2D eigenvalue weighted by molar-refractivity contribution is 5.29. The van der Waals surface area contributed by atoms with Gasteiger partial charge in [-0.1, -0.05) is 58.2 Å². The first-order chi connectivity index (χ1) is 12.1. The van der Waals surface area contributed by atoms with Crippen LogP contribution in [0.2, 0.25) is 0 Å². The van der Waals surface area contributed by atoms with Gasteiger partial charge in [0.2, 0.25) is 0 Å². The molecular weight excluding hydrogens is 308 g/mol. The van der Waals surface area contributed by atoms with E-state index >= 15 is 0 Å². The Labute approximate surface area is 154 Å². The van der Waals surface area contributed by atoms with Gasteiger partial charge < -0.3 is 9.84 Å². The number of aliphatic hydroxyl groups excluding tert-OH is 1. The van der Waals surface area contributed by atoms with Gasteiger partial charge in [-0.15, -0.1) is 0 Å². The lowest BCUT2D eigenvalue weighted by Gasteiger charge is -2.34. The second-order valence-corrected chi connectivity index (χ2v) is 7.70. The average molecular weight is 345 g/mol. The molecule has 1 aliphatic rings. The zero-order valence-electron chi connectivity index (χ0n) is 16.4. The summed E-state index contributed by atoms with van der Waals surface area (Å²) in [6.45, 7) is 7.66. The van der Waals surface area contributed by atoms with E-state index in [1.165, 1.54) is 49.7 Å². The predicted octanol–water partition coefficient (Wildman–Crippen LogP) is 6.25. The second kappa shape index (κ2) is 10.0. The molecule has 0 bridgehead atoms. The molecule has 1 atom stereocenters. The Morgan fingerprint density at radius 2 is 1.84 bits per heavy atom. The maximum Gasteiger partial charge on any atom is 0.119 e. The summed E-state index contributed by atoms with van der Waals surface area (Å²) in [6, 6.07) is 8.37. The molecule has 1 fully saturated rings. The molecule has 0 aromatic heterocycles. The van der Waals surface area contributed by atoms with Crippen LogP contribution in [0.25, 0.3) is 0 Å². The fraction of sp³-hybridized carbons (Fsp3) is 0.652. The van der Waals surface area contributed by atoms with Crippen LogP contribution in [-0.2, 0) is 0 Å². The second-order valence-electron chi connectivity index (χ2n) is 7.70. The van der Waals surface area contributed by atoms with Crippen LogP contribution in [0.1, 0.15) is 83.6 Å². The first-order valence-electron chi connectivity index (χ1n) is 10.2. The highest BCUT2D eigenvalue weighted by Gasteiger charge is 2.28. The molecule has 0 saturated heterocycles. The van der Waals surface area contributed by atoms with Crippen molar-refractivity contribution in [3.63, 3.8) is 0 Å². The van der Waals surface area contributed by atoms with E-state index in [0.29, 0.717) is 17.9 Å². The number of benzene rings is 1. The molecule has 2 nitrogen and oxygen atoms in total. The van der Waals surface area contributed by atoms with Crippen molar-refractivity contribution in [3.05, 3.63) is 41.5 Å². The Hall–Kier alpha value is -1.28. The monoisotopic (exact) mass is 344 g/mol. The number of hydrogen-bond donors (Lipinski definition) is 1. The van der Waals surface area contributed by atoms with E-state index in [1.807, 2.05) is 0 Å². The highest BCUT2D eigenvalue weighted by atomic mass is 16.5. The highest BCUT2D eigenvalue weighted by Crippen LogP contribution is 2.41. The minimum Gasteiger partial charge on any atom is -0.489 e. The normalized spacial score (nSPS) is 18.8. The van der Waals surface area contributed by atoms with Crippen LogP contribution in [0, 0.1) is 5.41 Å². The Morgan fingerprint density at radius 3 is 2.40 bits per heavy atom.